The number of hydrogen-bond donors (Lipinski definition) is 2. The molecule has 1 heterocycles. The van der Waals surface area contributed by atoms with Crippen LogP contribution in [0.5, 0.6) is 0 Å². The van der Waals surface area contributed by atoms with Crippen molar-refractivity contribution in [3.63, 3.8) is 0 Å². The summed E-state index contributed by atoms with van der Waals surface area (Å²) < 4.78 is 13.5. The molecule has 0 aliphatic heterocycles. The molecule has 0 saturated carbocycles. The van der Waals surface area contributed by atoms with Crippen molar-refractivity contribution in [1.82, 2.24) is 15.6 Å². The van der Waals surface area contributed by atoms with Crippen LogP contribution in [0.15, 0.2) is 41.5 Å². The van der Waals surface area contributed by atoms with Crippen LogP contribution in [-0.2, 0) is 13.0 Å². The lowest BCUT2D eigenvalue weighted by atomic mass is 10.1. The van der Waals surface area contributed by atoms with E-state index in [0.717, 1.165) is 17.5 Å². The monoisotopic (exact) mass is 334 g/mol. The molecule has 4 nitrogen and oxygen atoms in total. The zero-order chi connectivity index (χ0) is 16.7. The largest absolute Gasteiger partial charge is 0.356 e. The SMILES string of the molecule is CN=C(NCCc1ccc(Cl)nc1)NCc1ccc(C)c(F)c1. The molecule has 0 aliphatic carbocycles. The van der Waals surface area contributed by atoms with Crippen LogP contribution in [0.4, 0.5) is 4.39 Å². The van der Waals surface area contributed by atoms with E-state index in [2.05, 4.69) is 20.6 Å². The van der Waals surface area contributed by atoms with Crippen molar-refractivity contribution in [2.45, 2.75) is 19.9 Å². The molecule has 1 aromatic carbocycles. The summed E-state index contributed by atoms with van der Waals surface area (Å²) in [6.45, 7) is 2.98. The van der Waals surface area contributed by atoms with Gasteiger partial charge in [-0.15, -0.1) is 0 Å². The van der Waals surface area contributed by atoms with Gasteiger partial charge in [0.1, 0.15) is 11.0 Å². The Morgan fingerprint density at radius 1 is 1.22 bits per heavy atom. The van der Waals surface area contributed by atoms with Crippen LogP contribution in [0.1, 0.15) is 16.7 Å². The number of hydrogen-bond acceptors (Lipinski definition) is 2. The molecule has 0 fully saturated rings. The average Bonchev–Trinajstić information content (AvgIpc) is 2.55. The highest BCUT2D eigenvalue weighted by molar-refractivity contribution is 6.29. The second-order valence-electron chi connectivity index (χ2n) is 5.18. The minimum absolute atomic E-state index is 0.192. The van der Waals surface area contributed by atoms with E-state index in [1.807, 2.05) is 12.1 Å². The zero-order valence-corrected chi connectivity index (χ0v) is 14.0. The molecular formula is C17H20ClFN4. The number of pyridine rings is 1. The maximum absolute atomic E-state index is 13.5. The molecule has 0 atom stereocenters. The van der Waals surface area contributed by atoms with Crippen molar-refractivity contribution in [2.24, 2.45) is 4.99 Å². The molecule has 0 amide bonds. The lowest BCUT2D eigenvalue weighted by molar-refractivity contribution is 0.615. The topological polar surface area (TPSA) is 49.3 Å². The zero-order valence-electron chi connectivity index (χ0n) is 13.2. The van der Waals surface area contributed by atoms with Gasteiger partial charge in [0.2, 0.25) is 0 Å². The van der Waals surface area contributed by atoms with E-state index in [1.165, 1.54) is 6.07 Å². The van der Waals surface area contributed by atoms with E-state index in [-0.39, 0.29) is 5.82 Å². The summed E-state index contributed by atoms with van der Waals surface area (Å²) in [4.78, 5) is 8.20. The number of aliphatic imine (C=N–C) groups is 1. The van der Waals surface area contributed by atoms with E-state index in [1.54, 1.807) is 32.3 Å². The number of nitrogens with zero attached hydrogens (tertiary/aromatic N) is 2. The van der Waals surface area contributed by atoms with E-state index >= 15 is 0 Å². The van der Waals surface area contributed by atoms with Crippen LogP contribution in [0.2, 0.25) is 5.15 Å². The van der Waals surface area contributed by atoms with Crippen LogP contribution in [-0.4, -0.2) is 24.5 Å². The summed E-state index contributed by atoms with van der Waals surface area (Å²) >= 11 is 5.76. The number of aryl methyl sites for hydroxylation is 1. The number of guanidine groups is 1. The molecule has 2 N–H and O–H groups in total. The van der Waals surface area contributed by atoms with Crippen molar-refractivity contribution < 1.29 is 4.39 Å². The van der Waals surface area contributed by atoms with E-state index < -0.39 is 0 Å². The minimum Gasteiger partial charge on any atom is -0.356 e. The number of aromatic nitrogens is 1. The molecular weight excluding hydrogens is 315 g/mol. The fourth-order valence-electron chi connectivity index (χ4n) is 2.03. The van der Waals surface area contributed by atoms with Gasteiger partial charge in [-0.05, 0) is 42.2 Å². The Balaban J connectivity index is 1.79. The van der Waals surface area contributed by atoms with Gasteiger partial charge in [-0.25, -0.2) is 9.37 Å². The van der Waals surface area contributed by atoms with Gasteiger partial charge in [0.15, 0.2) is 5.96 Å². The maximum atomic E-state index is 13.5. The normalized spacial score (nSPS) is 11.4. The average molecular weight is 335 g/mol. The molecule has 0 unspecified atom stereocenters. The standard InChI is InChI=1S/C17H20ClFN4/c1-12-3-4-14(9-15(12)19)11-23-17(20-2)21-8-7-13-5-6-16(18)22-10-13/h3-6,9-10H,7-8,11H2,1-2H3,(H2,20,21,23). The van der Waals surface area contributed by atoms with Crippen molar-refractivity contribution in [1.29, 1.82) is 0 Å². The summed E-state index contributed by atoms with van der Waals surface area (Å²) in [6, 6.07) is 8.93. The van der Waals surface area contributed by atoms with Crippen molar-refractivity contribution >= 4 is 17.6 Å². The Morgan fingerprint density at radius 2 is 2.00 bits per heavy atom. The lowest BCUT2D eigenvalue weighted by Crippen LogP contribution is -2.37. The Bertz CT molecular complexity index is 671. The Kier molecular flexibility index (Phi) is 6.35. The Morgan fingerprint density at radius 3 is 2.65 bits per heavy atom. The van der Waals surface area contributed by atoms with Gasteiger partial charge < -0.3 is 10.6 Å². The summed E-state index contributed by atoms with van der Waals surface area (Å²) in [5.74, 6) is 0.482. The smallest absolute Gasteiger partial charge is 0.191 e. The van der Waals surface area contributed by atoms with Gasteiger partial charge in [-0.2, -0.15) is 0 Å². The van der Waals surface area contributed by atoms with Gasteiger partial charge in [0.05, 0.1) is 0 Å². The molecule has 0 saturated heterocycles. The molecule has 23 heavy (non-hydrogen) atoms. The third-order valence-electron chi connectivity index (χ3n) is 3.41. The molecule has 0 bridgehead atoms. The summed E-state index contributed by atoms with van der Waals surface area (Å²) in [5, 5.41) is 6.87. The second kappa shape index (κ2) is 8.48. The fraction of sp³-hybridized carbons (Fsp3) is 0.294. The van der Waals surface area contributed by atoms with Crippen LogP contribution < -0.4 is 10.6 Å². The second-order valence-corrected chi connectivity index (χ2v) is 5.56. The van der Waals surface area contributed by atoms with Crippen LogP contribution in [0, 0.1) is 12.7 Å². The highest BCUT2D eigenvalue weighted by Crippen LogP contribution is 2.09. The van der Waals surface area contributed by atoms with Crippen molar-refractivity contribution in [3.8, 4) is 0 Å². The first-order valence-electron chi connectivity index (χ1n) is 7.38. The predicted octanol–water partition coefficient (Wildman–Crippen LogP) is 3.09. The highest BCUT2D eigenvalue weighted by atomic mass is 35.5. The van der Waals surface area contributed by atoms with Gasteiger partial charge in [-0.1, -0.05) is 29.8 Å². The van der Waals surface area contributed by atoms with Gasteiger partial charge in [0.25, 0.3) is 0 Å². The molecule has 122 valence electrons. The Labute approximate surface area is 140 Å². The molecule has 2 aromatic rings. The van der Waals surface area contributed by atoms with Crippen LogP contribution >= 0.6 is 11.6 Å². The molecule has 0 spiro atoms. The lowest BCUT2D eigenvalue weighted by Gasteiger charge is -2.12. The summed E-state index contributed by atoms with van der Waals surface area (Å²) in [7, 11) is 1.70. The quantitative estimate of drug-likeness (QED) is 0.502. The van der Waals surface area contributed by atoms with Crippen molar-refractivity contribution in [3.05, 3.63) is 64.2 Å². The van der Waals surface area contributed by atoms with Gasteiger partial charge in [0, 0.05) is 26.3 Å². The van der Waals surface area contributed by atoms with Crippen LogP contribution in [0.25, 0.3) is 0 Å². The molecule has 1 aromatic heterocycles. The first-order chi connectivity index (χ1) is 11.1. The van der Waals surface area contributed by atoms with Crippen molar-refractivity contribution in [2.75, 3.05) is 13.6 Å². The predicted molar refractivity (Wildman–Crippen MR) is 92.3 cm³/mol. The molecule has 0 radical (unpaired) electrons. The third kappa shape index (κ3) is 5.53. The maximum Gasteiger partial charge on any atom is 0.191 e. The summed E-state index contributed by atoms with van der Waals surface area (Å²) in [5.41, 5.74) is 2.61. The number of nitrogens with one attached hydrogen (secondary N) is 2. The first-order valence-corrected chi connectivity index (χ1v) is 7.76. The number of rotatable bonds is 5. The van der Waals surface area contributed by atoms with Gasteiger partial charge >= 0.3 is 0 Å². The van der Waals surface area contributed by atoms with E-state index in [9.17, 15) is 4.39 Å². The first kappa shape index (κ1) is 17.2. The fourth-order valence-corrected chi connectivity index (χ4v) is 2.14. The van der Waals surface area contributed by atoms with Crippen LogP contribution in [0.3, 0.4) is 0 Å². The van der Waals surface area contributed by atoms with E-state index in [4.69, 9.17) is 11.6 Å². The van der Waals surface area contributed by atoms with Gasteiger partial charge in [-0.3, -0.25) is 4.99 Å². The molecule has 2 rings (SSSR count). The third-order valence-corrected chi connectivity index (χ3v) is 3.64. The van der Waals surface area contributed by atoms with E-state index in [0.29, 0.717) is 29.8 Å². The Hall–Kier alpha value is -2.14. The summed E-state index contributed by atoms with van der Waals surface area (Å²) in [6.07, 6.45) is 2.57. The molecule has 6 heteroatoms. The molecule has 0 aliphatic rings. The highest BCUT2D eigenvalue weighted by Gasteiger charge is 2.02. The minimum atomic E-state index is -0.192. The number of benzene rings is 1. The number of halogens is 2.